The zero-order valence-corrected chi connectivity index (χ0v) is 12.5. The molecule has 0 unspecified atom stereocenters. The molecule has 2 N–H and O–H groups in total. The fraction of sp³-hybridized carbons (Fsp3) is 0. The van der Waals surface area contributed by atoms with E-state index < -0.39 is 11.9 Å². The van der Waals surface area contributed by atoms with Gasteiger partial charge >= 0.3 is 5.97 Å². The molecule has 0 atom stereocenters. The number of carboxylic acids is 1. The second-order valence-corrected chi connectivity index (χ2v) is 5.62. The number of benzene rings is 2. The molecular formula is C16H10N2O4S. The largest absolute Gasteiger partial charge is 0.478 e. The minimum absolute atomic E-state index is 0.0926. The van der Waals surface area contributed by atoms with Gasteiger partial charge in [-0.25, -0.2) is 9.78 Å². The Balaban J connectivity index is 1.88. The van der Waals surface area contributed by atoms with E-state index in [1.807, 2.05) is 0 Å². The Morgan fingerprint density at radius 2 is 1.65 bits per heavy atom. The second-order valence-electron chi connectivity index (χ2n) is 4.66. The number of fused-ring (bicyclic) bond motifs is 1. The summed E-state index contributed by atoms with van der Waals surface area (Å²) in [4.78, 5) is 39.2. The van der Waals surface area contributed by atoms with E-state index in [-0.39, 0.29) is 21.0 Å². The van der Waals surface area contributed by atoms with Crippen molar-refractivity contribution in [1.82, 2.24) is 4.98 Å². The molecule has 0 bridgehead atoms. The predicted octanol–water partition coefficient (Wildman–Crippen LogP) is 2.61. The van der Waals surface area contributed by atoms with E-state index >= 15 is 0 Å². The summed E-state index contributed by atoms with van der Waals surface area (Å²) in [5.74, 6) is -1.52. The number of para-hydroxylation sites is 1. The fourth-order valence-corrected chi connectivity index (χ4v) is 2.75. The van der Waals surface area contributed by atoms with Crippen LogP contribution in [-0.4, -0.2) is 22.0 Å². The third kappa shape index (κ3) is 3.09. The van der Waals surface area contributed by atoms with Gasteiger partial charge in [0, 0.05) is 5.56 Å². The van der Waals surface area contributed by atoms with Gasteiger partial charge in [0.2, 0.25) is 4.74 Å². The highest BCUT2D eigenvalue weighted by Gasteiger charge is 2.11. The average molecular weight is 326 g/mol. The molecule has 2 aromatic carbocycles. The van der Waals surface area contributed by atoms with E-state index in [9.17, 15) is 14.4 Å². The molecule has 114 valence electrons. The first-order valence-corrected chi connectivity index (χ1v) is 7.41. The highest BCUT2D eigenvalue weighted by atomic mass is 32.1. The Hall–Kier alpha value is -3.06. The molecular weight excluding hydrogens is 316 g/mol. The highest BCUT2D eigenvalue weighted by Crippen LogP contribution is 2.16. The maximum Gasteiger partial charge on any atom is 0.335 e. The number of hydrogen-bond donors (Lipinski definition) is 2. The molecule has 0 aliphatic heterocycles. The van der Waals surface area contributed by atoms with Gasteiger partial charge in [-0.1, -0.05) is 23.5 Å². The molecule has 0 aliphatic rings. The number of carboxylic acid groups (broad SMARTS) is 1. The fourth-order valence-electron chi connectivity index (χ4n) is 2.01. The summed E-state index contributed by atoms with van der Waals surface area (Å²) in [5.41, 5.74) is 0.882. The minimum Gasteiger partial charge on any atom is -0.478 e. The highest BCUT2D eigenvalue weighted by molar-refractivity contribution is 7.13. The van der Waals surface area contributed by atoms with Crippen LogP contribution in [0.1, 0.15) is 20.7 Å². The van der Waals surface area contributed by atoms with Gasteiger partial charge in [0.15, 0.2) is 5.13 Å². The van der Waals surface area contributed by atoms with E-state index in [0.717, 1.165) is 11.3 Å². The first kappa shape index (κ1) is 14.9. The van der Waals surface area contributed by atoms with Crippen LogP contribution in [-0.2, 0) is 0 Å². The summed E-state index contributed by atoms with van der Waals surface area (Å²) in [7, 11) is 0. The molecule has 1 amide bonds. The van der Waals surface area contributed by atoms with Gasteiger partial charge in [-0.2, -0.15) is 0 Å². The van der Waals surface area contributed by atoms with Gasteiger partial charge in [0.1, 0.15) is 0 Å². The van der Waals surface area contributed by atoms with Crippen LogP contribution >= 0.6 is 11.3 Å². The Labute approximate surface area is 134 Å². The number of aromatic carboxylic acids is 1. The average Bonchev–Trinajstić information content (AvgIpc) is 2.55. The number of hydrogen-bond acceptors (Lipinski definition) is 5. The number of carbonyl (C=O) groups is 2. The number of nitrogens with one attached hydrogen (secondary N) is 1. The van der Waals surface area contributed by atoms with Crippen LogP contribution in [0.15, 0.2) is 53.3 Å². The van der Waals surface area contributed by atoms with Crippen molar-refractivity contribution in [2.75, 3.05) is 5.32 Å². The monoisotopic (exact) mass is 326 g/mol. The normalized spacial score (nSPS) is 10.4. The van der Waals surface area contributed by atoms with Crippen molar-refractivity contribution < 1.29 is 14.7 Å². The number of nitrogens with zero attached hydrogens (tertiary/aromatic N) is 1. The van der Waals surface area contributed by atoms with E-state index in [1.165, 1.54) is 24.3 Å². The smallest absolute Gasteiger partial charge is 0.335 e. The van der Waals surface area contributed by atoms with Crippen molar-refractivity contribution in [2.24, 2.45) is 0 Å². The van der Waals surface area contributed by atoms with Gasteiger partial charge in [-0.15, -0.1) is 0 Å². The van der Waals surface area contributed by atoms with Crippen molar-refractivity contribution in [1.29, 1.82) is 0 Å². The molecule has 3 aromatic rings. The summed E-state index contributed by atoms with van der Waals surface area (Å²) >= 11 is 0.845. The van der Waals surface area contributed by atoms with Crippen molar-refractivity contribution in [3.63, 3.8) is 0 Å². The number of amides is 1. The summed E-state index contributed by atoms with van der Waals surface area (Å²) in [6.45, 7) is 0. The summed E-state index contributed by atoms with van der Waals surface area (Å²) in [6, 6.07) is 12.4. The predicted molar refractivity (Wildman–Crippen MR) is 87.2 cm³/mol. The lowest BCUT2D eigenvalue weighted by Gasteiger charge is -2.05. The van der Waals surface area contributed by atoms with Crippen molar-refractivity contribution >= 4 is 39.2 Å². The summed E-state index contributed by atoms with van der Waals surface area (Å²) in [5, 5.41) is 12.1. The van der Waals surface area contributed by atoms with Crippen LogP contribution < -0.4 is 10.1 Å². The Kier molecular flexibility index (Phi) is 3.86. The zero-order valence-electron chi connectivity index (χ0n) is 11.6. The minimum atomic E-state index is -1.06. The molecule has 0 fully saturated rings. The molecule has 7 heteroatoms. The number of anilines is 1. The standard InChI is InChI=1S/C16H10N2O4S/c19-13(9-5-7-10(8-6-9)14(20)21)18-16-17-12-4-2-1-3-11(12)15(22)23-16/h1-8H,(H,20,21)(H,17,18,19). The van der Waals surface area contributed by atoms with Crippen molar-refractivity contribution in [3.8, 4) is 0 Å². The quantitative estimate of drug-likeness (QED) is 0.771. The van der Waals surface area contributed by atoms with Gasteiger partial charge in [-0.3, -0.25) is 14.9 Å². The van der Waals surface area contributed by atoms with E-state index in [4.69, 9.17) is 5.11 Å². The molecule has 0 radical (unpaired) electrons. The Bertz CT molecular complexity index is 964. The lowest BCUT2D eigenvalue weighted by atomic mass is 10.1. The lowest BCUT2D eigenvalue weighted by Crippen LogP contribution is -2.14. The first-order valence-electron chi connectivity index (χ1n) is 6.59. The summed E-state index contributed by atoms with van der Waals surface area (Å²) in [6.07, 6.45) is 0. The van der Waals surface area contributed by atoms with Crippen LogP contribution in [0.4, 0.5) is 5.13 Å². The molecule has 23 heavy (non-hydrogen) atoms. The molecule has 1 aromatic heterocycles. The van der Waals surface area contributed by atoms with Crippen LogP contribution in [0.5, 0.6) is 0 Å². The lowest BCUT2D eigenvalue weighted by molar-refractivity contribution is 0.0696. The maximum atomic E-state index is 12.1. The van der Waals surface area contributed by atoms with Crippen molar-refractivity contribution in [2.45, 2.75) is 0 Å². The Morgan fingerprint density at radius 3 is 2.35 bits per heavy atom. The molecule has 6 nitrogen and oxygen atoms in total. The third-order valence-electron chi connectivity index (χ3n) is 3.15. The molecule has 3 rings (SSSR count). The maximum absolute atomic E-state index is 12.1. The van der Waals surface area contributed by atoms with Crippen LogP contribution in [0.3, 0.4) is 0 Å². The number of aromatic nitrogens is 1. The van der Waals surface area contributed by atoms with Crippen LogP contribution in [0.25, 0.3) is 10.9 Å². The number of rotatable bonds is 3. The van der Waals surface area contributed by atoms with Gasteiger partial charge < -0.3 is 5.11 Å². The third-order valence-corrected chi connectivity index (χ3v) is 3.94. The van der Waals surface area contributed by atoms with E-state index in [1.54, 1.807) is 24.3 Å². The van der Waals surface area contributed by atoms with E-state index in [0.29, 0.717) is 10.9 Å². The van der Waals surface area contributed by atoms with Gasteiger partial charge in [0.05, 0.1) is 16.5 Å². The van der Waals surface area contributed by atoms with Crippen molar-refractivity contribution in [3.05, 3.63) is 69.2 Å². The second kappa shape index (κ2) is 5.98. The number of carbonyl (C=O) groups excluding carboxylic acids is 1. The molecule has 0 saturated carbocycles. The van der Waals surface area contributed by atoms with E-state index in [2.05, 4.69) is 10.3 Å². The first-order chi connectivity index (χ1) is 11.0. The molecule has 1 heterocycles. The Morgan fingerprint density at radius 1 is 1.00 bits per heavy atom. The van der Waals surface area contributed by atoms with Gasteiger partial charge in [-0.05, 0) is 36.4 Å². The molecule has 0 aliphatic carbocycles. The SMILES string of the molecule is O=C(O)c1ccc(C(=O)Nc2nc3ccccc3c(=O)s2)cc1. The van der Waals surface area contributed by atoms with Gasteiger partial charge in [0.25, 0.3) is 5.91 Å². The van der Waals surface area contributed by atoms with Crippen LogP contribution in [0, 0.1) is 0 Å². The summed E-state index contributed by atoms with van der Waals surface area (Å²) < 4.78 is -0.188. The zero-order chi connectivity index (χ0) is 16.4. The topological polar surface area (TPSA) is 96.4 Å². The van der Waals surface area contributed by atoms with Crippen LogP contribution in [0.2, 0.25) is 0 Å². The molecule has 0 saturated heterocycles. The molecule has 0 spiro atoms.